The summed E-state index contributed by atoms with van der Waals surface area (Å²) in [6, 6.07) is 9.46. The number of carbonyl (C=O) groups excluding carboxylic acids is 1. The van der Waals surface area contributed by atoms with Gasteiger partial charge in [-0.15, -0.1) is 0 Å². The van der Waals surface area contributed by atoms with E-state index in [1.165, 1.54) is 0 Å². The van der Waals surface area contributed by atoms with Crippen LogP contribution in [0.1, 0.15) is 57.1 Å². The number of hydrogen-bond acceptors (Lipinski definition) is 2. The second-order valence-corrected chi connectivity index (χ2v) is 4.75. The van der Waals surface area contributed by atoms with Gasteiger partial charge in [0.2, 0.25) is 0 Å². The number of allylic oxidation sites excluding steroid dienone is 3. The SMILES string of the molecule is C=C(/C=C\CC)C(=O)c1cc[n+](Cc2ccccn2)cc1.CC.CC. The Kier molecular flexibility index (Phi) is 12.4. The average molecular weight is 340 g/mol. The van der Waals surface area contributed by atoms with Gasteiger partial charge in [-0.3, -0.25) is 9.78 Å². The standard InChI is InChI=1S/C18H19N2O.2C2H6/c1-3-4-7-15(2)18(21)16-9-12-20(13-10-16)14-17-8-5-6-11-19-17;2*1-2/h4-13H,2-3,14H2,1H3;2*1-2H3/q+1;;/b7-4-;;. The van der Waals surface area contributed by atoms with Crippen LogP contribution >= 0.6 is 0 Å². The molecule has 0 bridgehead atoms. The lowest BCUT2D eigenvalue weighted by molar-refractivity contribution is -0.688. The fourth-order valence-corrected chi connectivity index (χ4v) is 1.91. The van der Waals surface area contributed by atoms with Crippen LogP contribution in [-0.2, 0) is 6.54 Å². The van der Waals surface area contributed by atoms with Crippen LogP contribution in [0.5, 0.6) is 0 Å². The zero-order chi connectivity index (χ0) is 19.1. The first-order valence-electron chi connectivity index (χ1n) is 9.00. The molecule has 0 aliphatic rings. The summed E-state index contributed by atoms with van der Waals surface area (Å²) in [5.41, 5.74) is 2.15. The lowest BCUT2D eigenvalue weighted by Crippen LogP contribution is -2.33. The highest BCUT2D eigenvalue weighted by Crippen LogP contribution is 2.07. The van der Waals surface area contributed by atoms with E-state index >= 15 is 0 Å². The molecule has 0 amide bonds. The van der Waals surface area contributed by atoms with Gasteiger partial charge in [-0.05, 0) is 18.6 Å². The Morgan fingerprint density at radius 3 is 2.28 bits per heavy atom. The van der Waals surface area contributed by atoms with Crippen molar-refractivity contribution in [2.45, 2.75) is 47.6 Å². The molecule has 2 aromatic heterocycles. The Morgan fingerprint density at radius 1 is 1.12 bits per heavy atom. The summed E-state index contributed by atoms with van der Waals surface area (Å²) in [7, 11) is 0. The summed E-state index contributed by atoms with van der Waals surface area (Å²) in [6.45, 7) is 14.5. The normalized spacial score (nSPS) is 9.48. The van der Waals surface area contributed by atoms with Crippen molar-refractivity contribution < 1.29 is 9.36 Å². The summed E-state index contributed by atoms with van der Waals surface area (Å²) in [4.78, 5) is 16.4. The zero-order valence-electron chi connectivity index (χ0n) is 16.2. The van der Waals surface area contributed by atoms with E-state index in [9.17, 15) is 4.79 Å². The third kappa shape index (κ3) is 8.20. The van der Waals surface area contributed by atoms with Gasteiger partial charge < -0.3 is 0 Å². The summed E-state index contributed by atoms with van der Waals surface area (Å²) < 4.78 is 1.99. The third-order valence-corrected chi connectivity index (χ3v) is 3.07. The van der Waals surface area contributed by atoms with Crippen molar-refractivity contribution in [2.75, 3.05) is 0 Å². The van der Waals surface area contributed by atoms with Crippen LogP contribution in [0, 0.1) is 0 Å². The van der Waals surface area contributed by atoms with E-state index in [-0.39, 0.29) is 5.78 Å². The lowest BCUT2D eigenvalue weighted by Gasteiger charge is -2.00. The number of pyridine rings is 2. The molecule has 0 unspecified atom stereocenters. The number of rotatable bonds is 6. The molecule has 0 fully saturated rings. The van der Waals surface area contributed by atoms with E-state index < -0.39 is 0 Å². The van der Waals surface area contributed by atoms with Crippen molar-refractivity contribution in [3.8, 4) is 0 Å². The molecule has 3 heteroatoms. The van der Waals surface area contributed by atoms with Crippen LogP contribution in [0.3, 0.4) is 0 Å². The first-order valence-corrected chi connectivity index (χ1v) is 9.00. The van der Waals surface area contributed by atoms with Crippen molar-refractivity contribution in [3.05, 3.63) is 84.5 Å². The summed E-state index contributed by atoms with van der Waals surface area (Å²) >= 11 is 0. The maximum absolute atomic E-state index is 12.1. The highest BCUT2D eigenvalue weighted by atomic mass is 16.1. The third-order valence-electron chi connectivity index (χ3n) is 3.07. The maximum atomic E-state index is 12.1. The van der Waals surface area contributed by atoms with E-state index in [0.29, 0.717) is 17.7 Å². The van der Waals surface area contributed by atoms with Crippen molar-refractivity contribution in [3.63, 3.8) is 0 Å². The molecule has 0 aliphatic heterocycles. The van der Waals surface area contributed by atoms with E-state index in [1.807, 2.05) is 88.0 Å². The molecule has 0 atom stereocenters. The van der Waals surface area contributed by atoms with Crippen LogP contribution in [0.2, 0.25) is 0 Å². The fourth-order valence-electron chi connectivity index (χ4n) is 1.91. The average Bonchev–Trinajstić information content (AvgIpc) is 2.70. The number of carbonyl (C=O) groups is 1. The first kappa shape index (κ1) is 22.4. The molecular formula is C22H31N2O+. The molecule has 0 aromatic carbocycles. The topological polar surface area (TPSA) is 33.8 Å². The molecule has 0 spiro atoms. The molecule has 0 saturated carbocycles. The van der Waals surface area contributed by atoms with Gasteiger partial charge in [-0.2, -0.15) is 4.57 Å². The maximum Gasteiger partial charge on any atom is 0.192 e. The number of aromatic nitrogens is 2. The van der Waals surface area contributed by atoms with Gasteiger partial charge in [0.15, 0.2) is 24.7 Å². The number of hydrogen-bond donors (Lipinski definition) is 0. The minimum absolute atomic E-state index is 0.0373. The second kappa shape index (κ2) is 13.8. The Morgan fingerprint density at radius 2 is 1.76 bits per heavy atom. The molecule has 3 nitrogen and oxygen atoms in total. The predicted octanol–water partition coefficient (Wildman–Crippen LogP) is 5.17. The predicted molar refractivity (Wildman–Crippen MR) is 106 cm³/mol. The van der Waals surface area contributed by atoms with Crippen molar-refractivity contribution in [2.24, 2.45) is 0 Å². The molecule has 2 heterocycles. The molecule has 2 rings (SSSR count). The molecule has 0 radical (unpaired) electrons. The zero-order valence-corrected chi connectivity index (χ0v) is 16.2. The minimum Gasteiger partial charge on any atom is -0.289 e. The largest absolute Gasteiger partial charge is 0.289 e. The van der Waals surface area contributed by atoms with Crippen LogP contribution in [-0.4, -0.2) is 10.8 Å². The summed E-state index contributed by atoms with van der Waals surface area (Å²) in [5, 5.41) is 0. The van der Waals surface area contributed by atoms with Crippen LogP contribution in [0.4, 0.5) is 0 Å². The van der Waals surface area contributed by atoms with E-state index in [1.54, 1.807) is 12.3 Å². The van der Waals surface area contributed by atoms with Crippen molar-refractivity contribution in [1.82, 2.24) is 4.98 Å². The quantitative estimate of drug-likeness (QED) is 0.315. The van der Waals surface area contributed by atoms with Gasteiger partial charge in [-0.1, -0.05) is 59.4 Å². The number of Topliss-reactive ketones (excluding diaryl/α,β-unsaturated/α-hetero) is 1. The molecule has 25 heavy (non-hydrogen) atoms. The van der Waals surface area contributed by atoms with Crippen LogP contribution < -0.4 is 4.57 Å². The highest BCUT2D eigenvalue weighted by Gasteiger charge is 2.10. The number of nitrogens with zero attached hydrogens (tertiary/aromatic N) is 2. The molecule has 0 aliphatic carbocycles. The van der Waals surface area contributed by atoms with E-state index in [0.717, 1.165) is 12.1 Å². The second-order valence-electron chi connectivity index (χ2n) is 4.75. The summed E-state index contributed by atoms with van der Waals surface area (Å²) in [6.07, 6.45) is 10.2. The molecule has 0 saturated heterocycles. The molecule has 134 valence electrons. The summed E-state index contributed by atoms with van der Waals surface area (Å²) in [5.74, 6) is -0.0373. The van der Waals surface area contributed by atoms with E-state index in [4.69, 9.17) is 0 Å². The van der Waals surface area contributed by atoms with Gasteiger partial charge in [0.05, 0.1) is 0 Å². The fraction of sp³-hybridized carbons (Fsp3) is 0.318. The van der Waals surface area contributed by atoms with Gasteiger partial charge in [0.25, 0.3) is 0 Å². The Hall–Kier alpha value is -2.55. The Balaban J connectivity index is 0.00000134. The monoisotopic (exact) mass is 339 g/mol. The Bertz CT molecular complexity index is 643. The van der Waals surface area contributed by atoms with Gasteiger partial charge in [-0.25, -0.2) is 0 Å². The van der Waals surface area contributed by atoms with Crippen LogP contribution in [0.15, 0.2) is 73.2 Å². The molecule has 0 N–H and O–H groups in total. The minimum atomic E-state index is -0.0373. The molecule has 2 aromatic rings. The van der Waals surface area contributed by atoms with Crippen molar-refractivity contribution in [1.29, 1.82) is 0 Å². The first-order chi connectivity index (χ1) is 12.2. The van der Waals surface area contributed by atoms with Crippen LogP contribution in [0.25, 0.3) is 0 Å². The highest BCUT2D eigenvalue weighted by molar-refractivity contribution is 6.09. The smallest absolute Gasteiger partial charge is 0.192 e. The van der Waals surface area contributed by atoms with Gasteiger partial charge >= 0.3 is 0 Å². The van der Waals surface area contributed by atoms with Gasteiger partial charge in [0.1, 0.15) is 5.69 Å². The lowest BCUT2D eigenvalue weighted by atomic mass is 10.1. The molecular weight excluding hydrogens is 308 g/mol. The number of ketones is 1. The Labute approximate surface area is 152 Å². The van der Waals surface area contributed by atoms with Crippen molar-refractivity contribution >= 4 is 5.78 Å². The van der Waals surface area contributed by atoms with Gasteiger partial charge in [0, 0.05) is 29.5 Å². The van der Waals surface area contributed by atoms with E-state index in [2.05, 4.69) is 11.6 Å².